The standard InChI is InChI=1S/C15H18ClN2O2/c16-10-8-12-6-7-13(14(9-10)18(12)20)15(19)17-11-4-2-1-3-5-11/h1-5,10,12-14H,6-9H2,(H,17,19)/t10-,12-,13-,14-/m0/s1. The Kier molecular flexibility index (Phi) is 3.96. The van der Waals surface area contributed by atoms with Crippen LogP contribution >= 0.6 is 11.6 Å². The second-order valence-corrected chi connectivity index (χ2v) is 6.31. The second kappa shape index (κ2) is 5.72. The highest BCUT2D eigenvalue weighted by molar-refractivity contribution is 6.20. The third-order valence-electron chi connectivity index (χ3n) is 4.37. The Balaban J connectivity index is 1.71. The zero-order chi connectivity index (χ0) is 14.1. The van der Waals surface area contributed by atoms with E-state index >= 15 is 0 Å². The number of amides is 1. The number of carbonyl (C=O) groups is 1. The normalized spacial score (nSPS) is 33.7. The summed E-state index contributed by atoms with van der Waals surface area (Å²) < 4.78 is 0. The number of hydrogen-bond donors (Lipinski definition) is 1. The highest BCUT2D eigenvalue weighted by atomic mass is 35.5. The van der Waals surface area contributed by atoms with Gasteiger partial charge < -0.3 is 5.32 Å². The number of anilines is 1. The zero-order valence-corrected chi connectivity index (χ0v) is 11.9. The van der Waals surface area contributed by atoms with Crippen LogP contribution in [-0.4, -0.2) is 28.4 Å². The molecule has 4 nitrogen and oxygen atoms in total. The Bertz CT molecular complexity index is 482. The Labute approximate surface area is 123 Å². The molecule has 2 bridgehead atoms. The van der Waals surface area contributed by atoms with E-state index in [0.29, 0.717) is 6.42 Å². The Morgan fingerprint density at radius 2 is 1.95 bits per heavy atom. The first-order chi connectivity index (χ1) is 9.65. The van der Waals surface area contributed by atoms with E-state index in [1.54, 1.807) is 0 Å². The predicted molar refractivity (Wildman–Crippen MR) is 76.8 cm³/mol. The molecular weight excluding hydrogens is 276 g/mol. The second-order valence-electron chi connectivity index (χ2n) is 5.69. The van der Waals surface area contributed by atoms with Crippen LogP contribution in [0.2, 0.25) is 0 Å². The van der Waals surface area contributed by atoms with E-state index in [0.717, 1.165) is 30.0 Å². The third-order valence-corrected chi connectivity index (χ3v) is 4.72. The quantitative estimate of drug-likeness (QED) is 0.853. The molecule has 1 N–H and O–H groups in total. The van der Waals surface area contributed by atoms with Crippen molar-refractivity contribution in [1.82, 2.24) is 5.06 Å². The third kappa shape index (κ3) is 2.68. The van der Waals surface area contributed by atoms with Gasteiger partial charge in [-0.15, -0.1) is 21.9 Å². The number of hydrogen-bond acceptors (Lipinski definition) is 2. The molecule has 0 aromatic heterocycles. The average Bonchev–Trinajstić information content (AvgIpc) is 2.42. The van der Waals surface area contributed by atoms with E-state index in [1.807, 2.05) is 30.3 Å². The summed E-state index contributed by atoms with van der Waals surface area (Å²) in [4.78, 5) is 12.4. The number of piperidine rings is 2. The summed E-state index contributed by atoms with van der Waals surface area (Å²) in [7, 11) is 0. The monoisotopic (exact) mass is 293 g/mol. The lowest BCUT2D eigenvalue weighted by molar-refractivity contribution is -0.253. The molecule has 2 aliphatic heterocycles. The Morgan fingerprint density at radius 3 is 2.70 bits per heavy atom. The summed E-state index contributed by atoms with van der Waals surface area (Å²) in [5, 5.41) is 16.2. The highest BCUT2D eigenvalue weighted by Gasteiger charge is 2.45. The average molecular weight is 294 g/mol. The zero-order valence-electron chi connectivity index (χ0n) is 11.2. The van der Waals surface area contributed by atoms with Gasteiger partial charge in [0.15, 0.2) is 0 Å². The molecule has 2 fully saturated rings. The molecule has 2 aliphatic rings. The topological polar surface area (TPSA) is 52.2 Å². The summed E-state index contributed by atoms with van der Waals surface area (Å²) in [5.74, 6) is -0.322. The molecule has 0 unspecified atom stereocenters. The molecular formula is C15H18ClN2O2. The Morgan fingerprint density at radius 1 is 1.20 bits per heavy atom. The summed E-state index contributed by atoms with van der Waals surface area (Å²) in [6.45, 7) is 0. The van der Waals surface area contributed by atoms with Crippen LogP contribution in [0.4, 0.5) is 5.69 Å². The molecule has 3 rings (SSSR count). The van der Waals surface area contributed by atoms with Crippen LogP contribution in [0.15, 0.2) is 30.3 Å². The van der Waals surface area contributed by atoms with E-state index in [1.165, 1.54) is 0 Å². The number of benzene rings is 1. The SMILES string of the molecule is [O]N1[C@H]2CC[C@H](C(=O)Nc3ccccc3)[C@@H]1C[C@@H](Cl)C2. The molecule has 2 saturated heterocycles. The number of nitrogens with zero attached hydrogens (tertiary/aromatic N) is 1. The molecule has 0 aliphatic carbocycles. The minimum atomic E-state index is -0.270. The van der Waals surface area contributed by atoms with E-state index in [9.17, 15) is 10.0 Å². The molecule has 107 valence electrons. The first kappa shape index (κ1) is 13.9. The molecule has 4 atom stereocenters. The molecule has 0 saturated carbocycles. The number of carbonyl (C=O) groups excluding carboxylic acids is 1. The summed E-state index contributed by atoms with van der Waals surface area (Å²) in [5.41, 5.74) is 0.773. The smallest absolute Gasteiger partial charge is 0.229 e. The van der Waals surface area contributed by atoms with Gasteiger partial charge in [-0.05, 0) is 37.8 Å². The lowest BCUT2D eigenvalue weighted by Gasteiger charge is -2.45. The summed E-state index contributed by atoms with van der Waals surface area (Å²) in [6.07, 6.45) is 2.88. The van der Waals surface area contributed by atoms with Gasteiger partial charge in [0.2, 0.25) is 5.91 Å². The van der Waals surface area contributed by atoms with Crippen LogP contribution in [0.5, 0.6) is 0 Å². The fourth-order valence-corrected chi connectivity index (χ4v) is 3.73. The van der Waals surface area contributed by atoms with Crippen LogP contribution < -0.4 is 5.32 Å². The number of rotatable bonds is 2. The maximum absolute atomic E-state index is 12.4. The van der Waals surface area contributed by atoms with Crippen LogP contribution in [0.25, 0.3) is 0 Å². The van der Waals surface area contributed by atoms with Crippen molar-refractivity contribution in [1.29, 1.82) is 0 Å². The molecule has 2 heterocycles. The number of halogens is 1. The maximum Gasteiger partial charge on any atom is 0.229 e. The number of hydroxylamine groups is 2. The van der Waals surface area contributed by atoms with E-state index in [-0.39, 0.29) is 29.3 Å². The molecule has 1 radical (unpaired) electrons. The van der Waals surface area contributed by atoms with Gasteiger partial charge in [-0.3, -0.25) is 4.79 Å². The van der Waals surface area contributed by atoms with Crippen molar-refractivity contribution in [3.63, 3.8) is 0 Å². The van der Waals surface area contributed by atoms with Gasteiger partial charge in [-0.25, -0.2) is 0 Å². The number of para-hydroxylation sites is 1. The minimum absolute atomic E-state index is 0.00275. The molecule has 20 heavy (non-hydrogen) atoms. The minimum Gasteiger partial charge on any atom is -0.326 e. The number of fused-ring (bicyclic) bond motifs is 2. The first-order valence-electron chi connectivity index (χ1n) is 7.10. The van der Waals surface area contributed by atoms with Crippen LogP contribution in [-0.2, 0) is 10.0 Å². The number of nitrogens with one attached hydrogen (secondary N) is 1. The van der Waals surface area contributed by atoms with Gasteiger partial charge in [0.1, 0.15) is 0 Å². The van der Waals surface area contributed by atoms with Crippen molar-refractivity contribution in [2.24, 2.45) is 5.92 Å². The van der Waals surface area contributed by atoms with Crippen molar-refractivity contribution in [3.05, 3.63) is 30.3 Å². The fourth-order valence-electron chi connectivity index (χ4n) is 3.35. The van der Waals surface area contributed by atoms with E-state index in [2.05, 4.69) is 5.32 Å². The van der Waals surface area contributed by atoms with Crippen LogP contribution in [0.3, 0.4) is 0 Å². The first-order valence-corrected chi connectivity index (χ1v) is 7.54. The Hall–Kier alpha value is -1.10. The molecule has 1 aromatic carbocycles. The van der Waals surface area contributed by atoms with Crippen molar-refractivity contribution < 1.29 is 10.0 Å². The van der Waals surface area contributed by atoms with Crippen LogP contribution in [0, 0.1) is 5.92 Å². The highest BCUT2D eigenvalue weighted by Crippen LogP contribution is 2.38. The van der Waals surface area contributed by atoms with Gasteiger partial charge in [-0.1, -0.05) is 18.2 Å². The van der Waals surface area contributed by atoms with Gasteiger partial charge >= 0.3 is 0 Å². The lowest BCUT2D eigenvalue weighted by atomic mass is 9.78. The molecule has 5 heteroatoms. The van der Waals surface area contributed by atoms with Gasteiger partial charge in [0.25, 0.3) is 0 Å². The van der Waals surface area contributed by atoms with Gasteiger partial charge in [-0.2, -0.15) is 0 Å². The van der Waals surface area contributed by atoms with Crippen molar-refractivity contribution >= 4 is 23.2 Å². The summed E-state index contributed by atoms with van der Waals surface area (Å²) in [6, 6.07) is 9.09. The molecule has 1 aromatic rings. The summed E-state index contributed by atoms with van der Waals surface area (Å²) >= 11 is 6.22. The van der Waals surface area contributed by atoms with Gasteiger partial charge in [0, 0.05) is 17.1 Å². The van der Waals surface area contributed by atoms with E-state index < -0.39 is 0 Å². The van der Waals surface area contributed by atoms with Gasteiger partial charge in [0.05, 0.1) is 12.0 Å². The largest absolute Gasteiger partial charge is 0.326 e. The molecule has 0 spiro atoms. The predicted octanol–water partition coefficient (Wildman–Crippen LogP) is 2.82. The van der Waals surface area contributed by atoms with Crippen molar-refractivity contribution in [3.8, 4) is 0 Å². The van der Waals surface area contributed by atoms with Crippen LogP contribution in [0.1, 0.15) is 25.7 Å². The van der Waals surface area contributed by atoms with Crippen molar-refractivity contribution in [2.75, 3.05) is 5.32 Å². The molecule has 1 amide bonds. The maximum atomic E-state index is 12.4. The fraction of sp³-hybridized carbons (Fsp3) is 0.533. The van der Waals surface area contributed by atoms with Crippen molar-refractivity contribution in [2.45, 2.75) is 43.1 Å². The number of alkyl halides is 1. The van der Waals surface area contributed by atoms with E-state index in [4.69, 9.17) is 11.6 Å². The lowest BCUT2D eigenvalue weighted by Crippen LogP contribution is -2.56.